The molecule has 1 N–H and O–H groups in total. The predicted molar refractivity (Wildman–Crippen MR) is 76.8 cm³/mol. The van der Waals surface area contributed by atoms with Gasteiger partial charge in [-0.05, 0) is 51.9 Å². The molecule has 0 saturated heterocycles. The lowest BCUT2D eigenvalue weighted by Gasteiger charge is -2.34. The fourth-order valence-electron chi connectivity index (χ4n) is 2.22. The Labute approximate surface area is 106 Å². The number of benzene rings is 1. The first-order valence-electron chi connectivity index (χ1n) is 6.55. The van der Waals surface area contributed by atoms with Gasteiger partial charge in [0.25, 0.3) is 0 Å². The van der Waals surface area contributed by atoms with Crippen molar-refractivity contribution in [2.75, 3.05) is 24.5 Å². The van der Waals surface area contributed by atoms with Gasteiger partial charge in [0.2, 0.25) is 0 Å². The minimum absolute atomic E-state index is 0.147. The maximum atomic E-state index is 3.53. The number of anilines is 1. The van der Waals surface area contributed by atoms with Crippen molar-refractivity contribution in [1.29, 1.82) is 0 Å². The molecular formula is C15H26N2. The number of hydrogen-bond acceptors (Lipinski definition) is 2. The topological polar surface area (TPSA) is 15.3 Å². The minimum Gasteiger partial charge on any atom is -0.370 e. The van der Waals surface area contributed by atoms with Gasteiger partial charge in [-0.2, -0.15) is 0 Å². The van der Waals surface area contributed by atoms with E-state index in [-0.39, 0.29) is 5.54 Å². The molecule has 0 unspecified atom stereocenters. The van der Waals surface area contributed by atoms with Gasteiger partial charge in [0, 0.05) is 24.3 Å². The van der Waals surface area contributed by atoms with Crippen LogP contribution >= 0.6 is 0 Å². The highest BCUT2D eigenvalue weighted by Gasteiger charge is 2.19. The fourth-order valence-corrected chi connectivity index (χ4v) is 2.22. The Bertz CT molecular complexity index is 345. The monoisotopic (exact) mass is 234 g/mol. The quantitative estimate of drug-likeness (QED) is 0.813. The second kappa shape index (κ2) is 6.06. The second-order valence-corrected chi connectivity index (χ2v) is 5.27. The highest BCUT2D eigenvalue weighted by molar-refractivity contribution is 5.48. The molecule has 0 aliphatic heterocycles. The molecule has 0 saturated carbocycles. The van der Waals surface area contributed by atoms with E-state index in [0.717, 1.165) is 19.6 Å². The first kappa shape index (κ1) is 14.0. The van der Waals surface area contributed by atoms with Crippen molar-refractivity contribution in [2.24, 2.45) is 0 Å². The van der Waals surface area contributed by atoms with Gasteiger partial charge in [-0.25, -0.2) is 0 Å². The van der Waals surface area contributed by atoms with Gasteiger partial charge < -0.3 is 10.2 Å². The molecule has 1 aromatic carbocycles. The fraction of sp³-hybridized carbons (Fsp3) is 0.600. The summed E-state index contributed by atoms with van der Waals surface area (Å²) in [6.45, 7) is 14.1. The molecule has 2 nitrogen and oxygen atoms in total. The molecule has 0 atom stereocenters. The highest BCUT2D eigenvalue weighted by atomic mass is 15.2. The van der Waals surface area contributed by atoms with Crippen molar-refractivity contribution in [2.45, 2.75) is 40.2 Å². The van der Waals surface area contributed by atoms with E-state index in [0.29, 0.717) is 0 Å². The number of hydrogen-bond donors (Lipinski definition) is 1. The molecule has 0 heterocycles. The zero-order valence-electron chi connectivity index (χ0n) is 11.9. The summed E-state index contributed by atoms with van der Waals surface area (Å²) in [7, 11) is 0. The Morgan fingerprint density at radius 2 is 1.94 bits per heavy atom. The smallest absolute Gasteiger partial charge is 0.0369 e. The van der Waals surface area contributed by atoms with Crippen LogP contribution in [0.25, 0.3) is 0 Å². The first-order valence-corrected chi connectivity index (χ1v) is 6.55. The van der Waals surface area contributed by atoms with Crippen molar-refractivity contribution >= 4 is 5.69 Å². The Kier molecular flexibility index (Phi) is 5.01. The zero-order valence-corrected chi connectivity index (χ0v) is 11.9. The summed E-state index contributed by atoms with van der Waals surface area (Å²) in [5.41, 5.74) is 2.79. The van der Waals surface area contributed by atoms with Crippen LogP contribution in [0.3, 0.4) is 0 Å². The first-order chi connectivity index (χ1) is 7.98. The van der Waals surface area contributed by atoms with E-state index in [1.165, 1.54) is 11.3 Å². The molecular weight excluding hydrogens is 208 g/mol. The number of rotatable bonds is 6. The molecule has 1 rings (SSSR count). The van der Waals surface area contributed by atoms with Gasteiger partial charge in [0.1, 0.15) is 0 Å². The number of likely N-dealkylation sites (N-methyl/N-ethyl adjacent to an activating group) is 2. The largest absolute Gasteiger partial charge is 0.370 e. The summed E-state index contributed by atoms with van der Waals surface area (Å²) in [5.74, 6) is 0. The van der Waals surface area contributed by atoms with Crippen LogP contribution in [0.1, 0.15) is 33.3 Å². The van der Waals surface area contributed by atoms with Crippen molar-refractivity contribution < 1.29 is 0 Å². The predicted octanol–water partition coefficient (Wildman–Crippen LogP) is 3.21. The number of nitrogens with zero attached hydrogens (tertiary/aromatic N) is 1. The van der Waals surface area contributed by atoms with Crippen LogP contribution in [-0.2, 0) is 0 Å². The zero-order chi connectivity index (χ0) is 12.9. The lowest BCUT2D eigenvalue weighted by atomic mass is 10.0. The van der Waals surface area contributed by atoms with Crippen LogP contribution in [0, 0.1) is 6.92 Å². The lowest BCUT2D eigenvalue weighted by Crippen LogP contribution is -2.49. The maximum Gasteiger partial charge on any atom is 0.0369 e. The summed E-state index contributed by atoms with van der Waals surface area (Å²) in [6, 6.07) is 8.73. The summed E-state index contributed by atoms with van der Waals surface area (Å²) < 4.78 is 0. The Hall–Kier alpha value is -1.02. The molecule has 0 aromatic heterocycles. The molecule has 0 amide bonds. The summed E-state index contributed by atoms with van der Waals surface area (Å²) in [6.07, 6.45) is 0. The maximum absolute atomic E-state index is 3.53. The molecule has 96 valence electrons. The molecule has 2 heteroatoms. The molecule has 0 fully saturated rings. The third-order valence-electron chi connectivity index (χ3n) is 2.99. The van der Waals surface area contributed by atoms with Crippen LogP contribution in [0.5, 0.6) is 0 Å². The number of nitrogens with one attached hydrogen (secondary N) is 1. The van der Waals surface area contributed by atoms with E-state index in [1.54, 1.807) is 0 Å². The van der Waals surface area contributed by atoms with Crippen molar-refractivity contribution in [3.63, 3.8) is 0 Å². The SMILES string of the molecule is CCNC(C)(C)CN(CC)c1cccc(C)c1. The van der Waals surface area contributed by atoms with E-state index >= 15 is 0 Å². The molecule has 0 aliphatic rings. The van der Waals surface area contributed by atoms with Crippen LogP contribution < -0.4 is 10.2 Å². The molecule has 0 spiro atoms. The Morgan fingerprint density at radius 3 is 2.47 bits per heavy atom. The average Bonchev–Trinajstić information content (AvgIpc) is 2.26. The molecule has 0 aliphatic carbocycles. The van der Waals surface area contributed by atoms with Crippen molar-refractivity contribution in [3.05, 3.63) is 29.8 Å². The third kappa shape index (κ3) is 4.39. The molecule has 0 radical (unpaired) electrons. The van der Waals surface area contributed by atoms with Gasteiger partial charge in [0.15, 0.2) is 0 Å². The van der Waals surface area contributed by atoms with Crippen LogP contribution in [0.4, 0.5) is 5.69 Å². The van der Waals surface area contributed by atoms with Crippen LogP contribution in [-0.4, -0.2) is 25.2 Å². The summed E-state index contributed by atoms with van der Waals surface area (Å²) >= 11 is 0. The van der Waals surface area contributed by atoms with Crippen LogP contribution in [0.15, 0.2) is 24.3 Å². The Balaban J connectivity index is 2.78. The highest BCUT2D eigenvalue weighted by Crippen LogP contribution is 2.18. The van der Waals surface area contributed by atoms with Crippen molar-refractivity contribution in [1.82, 2.24) is 5.32 Å². The van der Waals surface area contributed by atoms with E-state index in [9.17, 15) is 0 Å². The molecule has 17 heavy (non-hydrogen) atoms. The normalized spacial score (nSPS) is 11.6. The van der Waals surface area contributed by atoms with E-state index in [2.05, 4.69) is 69.1 Å². The van der Waals surface area contributed by atoms with Gasteiger partial charge in [0.05, 0.1) is 0 Å². The van der Waals surface area contributed by atoms with Gasteiger partial charge >= 0.3 is 0 Å². The van der Waals surface area contributed by atoms with Gasteiger partial charge in [-0.3, -0.25) is 0 Å². The Morgan fingerprint density at radius 1 is 1.24 bits per heavy atom. The molecule has 1 aromatic rings. The minimum atomic E-state index is 0.147. The van der Waals surface area contributed by atoms with Gasteiger partial charge in [-0.1, -0.05) is 19.1 Å². The van der Waals surface area contributed by atoms with Crippen LogP contribution in [0.2, 0.25) is 0 Å². The van der Waals surface area contributed by atoms with E-state index in [4.69, 9.17) is 0 Å². The van der Waals surface area contributed by atoms with E-state index in [1.807, 2.05) is 0 Å². The van der Waals surface area contributed by atoms with Gasteiger partial charge in [-0.15, -0.1) is 0 Å². The molecule has 0 bridgehead atoms. The summed E-state index contributed by atoms with van der Waals surface area (Å²) in [4.78, 5) is 2.43. The number of aryl methyl sites for hydroxylation is 1. The van der Waals surface area contributed by atoms with Crippen molar-refractivity contribution in [3.8, 4) is 0 Å². The third-order valence-corrected chi connectivity index (χ3v) is 2.99. The summed E-state index contributed by atoms with van der Waals surface area (Å²) in [5, 5.41) is 3.53. The average molecular weight is 234 g/mol. The standard InChI is InChI=1S/C15H26N2/c1-6-16-15(4,5)12-17(7-2)14-10-8-9-13(3)11-14/h8-11,16H,6-7,12H2,1-5H3. The lowest BCUT2D eigenvalue weighted by molar-refractivity contribution is 0.398. The second-order valence-electron chi connectivity index (χ2n) is 5.27. The van der Waals surface area contributed by atoms with E-state index < -0.39 is 0 Å².